The van der Waals surface area contributed by atoms with Crippen LogP contribution in [0.4, 0.5) is 0 Å². The van der Waals surface area contributed by atoms with Crippen molar-refractivity contribution in [3.63, 3.8) is 0 Å². The average molecular weight is 344 g/mol. The van der Waals surface area contributed by atoms with Gasteiger partial charge in [0.15, 0.2) is 0 Å². The smallest absolute Gasteiger partial charge is 0.321 e. The highest BCUT2D eigenvalue weighted by molar-refractivity contribution is 7.89. The molecule has 0 heterocycles. The van der Waals surface area contributed by atoms with E-state index in [0.717, 1.165) is 0 Å². The Morgan fingerprint density at radius 1 is 1.42 bits per heavy atom. The van der Waals surface area contributed by atoms with Crippen LogP contribution in [0.1, 0.15) is 6.42 Å². The van der Waals surface area contributed by atoms with Gasteiger partial charge in [-0.25, -0.2) is 8.42 Å². The minimum Gasteiger partial charge on any atom is -0.480 e. The summed E-state index contributed by atoms with van der Waals surface area (Å²) in [5.74, 6) is -1.06. The van der Waals surface area contributed by atoms with E-state index >= 15 is 0 Å². The summed E-state index contributed by atoms with van der Waals surface area (Å²) in [6.45, 7) is 0. The van der Waals surface area contributed by atoms with E-state index in [2.05, 4.69) is 17.4 Å². The molecule has 2 N–H and O–H groups in total. The molecule has 0 bridgehead atoms. The molecule has 0 spiro atoms. The summed E-state index contributed by atoms with van der Waals surface area (Å²) in [7, 11) is -4.06. The van der Waals surface area contributed by atoms with E-state index < -0.39 is 22.0 Å². The molecule has 1 unspecified atom stereocenters. The maximum atomic E-state index is 12.1. The molecule has 0 fully saturated rings. The molecular weight excluding hydrogens is 333 g/mol. The average Bonchev–Trinajstić information content (AvgIpc) is 2.31. The Balaban J connectivity index is 3.10. The monoisotopic (exact) mass is 343 g/mol. The minimum atomic E-state index is -4.06. The topological polar surface area (TPSA) is 83.5 Å². The van der Waals surface area contributed by atoms with Gasteiger partial charge in [-0.2, -0.15) is 17.4 Å². The van der Waals surface area contributed by atoms with Crippen molar-refractivity contribution in [3.05, 3.63) is 28.2 Å². The molecule has 5 nitrogen and oxygen atoms in total. The van der Waals surface area contributed by atoms with Crippen LogP contribution >= 0.6 is 35.8 Å². The Bertz CT molecular complexity index is 577. The number of halogens is 2. The number of aliphatic carboxylic acids is 1. The largest absolute Gasteiger partial charge is 0.480 e. The zero-order valence-corrected chi connectivity index (χ0v) is 12.7. The molecule has 0 aliphatic rings. The number of sulfonamides is 1. The van der Waals surface area contributed by atoms with Gasteiger partial charge in [0.1, 0.15) is 10.9 Å². The Labute approximate surface area is 126 Å². The van der Waals surface area contributed by atoms with Gasteiger partial charge in [0.25, 0.3) is 0 Å². The second-order valence-electron chi connectivity index (χ2n) is 3.58. The van der Waals surface area contributed by atoms with Crippen LogP contribution in [0, 0.1) is 0 Å². The first-order chi connectivity index (χ1) is 8.79. The first kappa shape index (κ1) is 16.6. The Kier molecular flexibility index (Phi) is 5.94. The number of hydrogen-bond donors (Lipinski definition) is 3. The molecular formula is C10H11Cl2NO4S2. The van der Waals surface area contributed by atoms with Crippen LogP contribution in [0.15, 0.2) is 23.1 Å². The van der Waals surface area contributed by atoms with Crippen molar-refractivity contribution >= 4 is 51.8 Å². The second kappa shape index (κ2) is 6.81. The third kappa shape index (κ3) is 4.25. The van der Waals surface area contributed by atoms with Crippen LogP contribution in [0.3, 0.4) is 0 Å². The fourth-order valence-electron chi connectivity index (χ4n) is 1.30. The summed E-state index contributed by atoms with van der Waals surface area (Å²) >= 11 is 15.4. The van der Waals surface area contributed by atoms with E-state index in [1.54, 1.807) is 0 Å². The molecule has 0 aliphatic carbocycles. The van der Waals surface area contributed by atoms with Gasteiger partial charge in [0, 0.05) is 0 Å². The predicted molar refractivity (Wildman–Crippen MR) is 76.7 cm³/mol. The van der Waals surface area contributed by atoms with Gasteiger partial charge in [-0.05, 0) is 24.3 Å². The van der Waals surface area contributed by atoms with Crippen molar-refractivity contribution in [2.75, 3.05) is 5.75 Å². The molecule has 1 aromatic carbocycles. The number of nitrogens with one attached hydrogen (secondary N) is 1. The summed E-state index contributed by atoms with van der Waals surface area (Å²) in [4.78, 5) is 10.7. The standard InChI is InChI=1S/C10H11Cl2NO4S2/c11-6-2-1-3-8(9(6)12)19(16,17)13-7(4-5-18)10(14)15/h1-3,7,13,18H,4-5H2,(H,14,15). The molecule has 19 heavy (non-hydrogen) atoms. The van der Waals surface area contributed by atoms with E-state index in [4.69, 9.17) is 28.3 Å². The maximum absolute atomic E-state index is 12.1. The first-order valence-corrected chi connectivity index (χ1v) is 7.96. The Morgan fingerprint density at radius 2 is 2.05 bits per heavy atom. The second-order valence-corrected chi connectivity index (χ2v) is 6.49. The Morgan fingerprint density at radius 3 is 2.58 bits per heavy atom. The summed E-state index contributed by atoms with van der Waals surface area (Å²) in [6.07, 6.45) is 0.0514. The lowest BCUT2D eigenvalue weighted by atomic mass is 10.2. The highest BCUT2D eigenvalue weighted by Crippen LogP contribution is 2.28. The van der Waals surface area contributed by atoms with Crippen LogP contribution in [0.25, 0.3) is 0 Å². The molecule has 0 saturated heterocycles. The number of carboxylic acid groups (broad SMARTS) is 1. The number of thiol groups is 1. The summed E-state index contributed by atoms with van der Waals surface area (Å²) in [5, 5.41) is 8.85. The van der Waals surface area contributed by atoms with Gasteiger partial charge in [-0.3, -0.25) is 4.79 Å². The number of carbonyl (C=O) groups is 1. The van der Waals surface area contributed by atoms with Gasteiger partial charge < -0.3 is 5.11 Å². The number of rotatable bonds is 6. The summed E-state index contributed by atoms with van der Waals surface area (Å²) in [5.41, 5.74) is 0. The van der Waals surface area contributed by atoms with Crippen LogP contribution in [0.2, 0.25) is 10.0 Å². The molecule has 9 heteroatoms. The molecule has 1 rings (SSSR count). The van der Waals surface area contributed by atoms with Crippen LogP contribution < -0.4 is 4.72 Å². The lowest BCUT2D eigenvalue weighted by molar-refractivity contribution is -0.139. The van der Waals surface area contributed by atoms with Crippen molar-refractivity contribution in [1.29, 1.82) is 0 Å². The third-order valence-electron chi connectivity index (χ3n) is 2.22. The molecule has 0 amide bonds. The molecule has 1 aromatic rings. The highest BCUT2D eigenvalue weighted by Gasteiger charge is 2.26. The quantitative estimate of drug-likeness (QED) is 0.690. The zero-order chi connectivity index (χ0) is 14.6. The van der Waals surface area contributed by atoms with Crippen LogP contribution in [-0.4, -0.2) is 31.3 Å². The number of benzene rings is 1. The fraction of sp³-hybridized carbons (Fsp3) is 0.300. The lowest BCUT2D eigenvalue weighted by Crippen LogP contribution is -2.41. The van der Waals surface area contributed by atoms with Crippen molar-refractivity contribution in [3.8, 4) is 0 Å². The molecule has 0 aromatic heterocycles. The molecule has 1 atom stereocenters. The van der Waals surface area contributed by atoms with Gasteiger partial charge in [-0.1, -0.05) is 29.3 Å². The van der Waals surface area contributed by atoms with Gasteiger partial charge in [0.05, 0.1) is 10.0 Å². The SMILES string of the molecule is O=C(O)C(CCS)NS(=O)(=O)c1cccc(Cl)c1Cl. The van der Waals surface area contributed by atoms with Crippen molar-refractivity contribution in [1.82, 2.24) is 4.72 Å². The van der Waals surface area contributed by atoms with Crippen molar-refractivity contribution in [2.45, 2.75) is 17.4 Å². The molecule has 0 saturated carbocycles. The normalized spacial score (nSPS) is 13.2. The van der Waals surface area contributed by atoms with E-state index in [1.807, 2.05) is 0 Å². The van der Waals surface area contributed by atoms with Crippen molar-refractivity contribution in [2.24, 2.45) is 0 Å². The third-order valence-corrected chi connectivity index (χ3v) is 4.92. The first-order valence-electron chi connectivity index (χ1n) is 5.09. The van der Waals surface area contributed by atoms with Gasteiger partial charge >= 0.3 is 5.97 Å². The molecule has 0 radical (unpaired) electrons. The van der Waals surface area contributed by atoms with E-state index in [1.165, 1.54) is 18.2 Å². The Hall–Kier alpha value is -0.470. The molecule has 0 aliphatic heterocycles. The van der Waals surface area contributed by atoms with E-state index in [9.17, 15) is 13.2 Å². The van der Waals surface area contributed by atoms with Crippen LogP contribution in [0.5, 0.6) is 0 Å². The van der Waals surface area contributed by atoms with E-state index in [-0.39, 0.29) is 27.1 Å². The molecule has 106 valence electrons. The van der Waals surface area contributed by atoms with Crippen LogP contribution in [-0.2, 0) is 14.8 Å². The number of hydrogen-bond acceptors (Lipinski definition) is 4. The zero-order valence-electron chi connectivity index (χ0n) is 9.51. The highest BCUT2D eigenvalue weighted by atomic mass is 35.5. The van der Waals surface area contributed by atoms with Gasteiger partial charge in [0.2, 0.25) is 10.0 Å². The van der Waals surface area contributed by atoms with Crippen molar-refractivity contribution < 1.29 is 18.3 Å². The summed E-state index contributed by atoms with van der Waals surface area (Å²) in [6, 6.07) is 2.83. The van der Waals surface area contributed by atoms with E-state index in [0.29, 0.717) is 0 Å². The van der Waals surface area contributed by atoms with Gasteiger partial charge in [-0.15, -0.1) is 0 Å². The minimum absolute atomic E-state index is 0.0514. The summed E-state index contributed by atoms with van der Waals surface area (Å²) < 4.78 is 26.2. The lowest BCUT2D eigenvalue weighted by Gasteiger charge is -2.14. The predicted octanol–water partition coefficient (Wildman–Crippen LogP) is 2.04. The maximum Gasteiger partial charge on any atom is 0.321 e. The fourth-order valence-corrected chi connectivity index (χ4v) is 3.55. The number of carboxylic acids is 1.